The molecule has 0 saturated carbocycles. The van der Waals surface area contributed by atoms with Gasteiger partial charge in [0.05, 0.1) is 27.8 Å². The van der Waals surface area contributed by atoms with Crippen LogP contribution in [-0.4, -0.2) is 15.7 Å². The second-order valence-electron chi connectivity index (χ2n) is 6.22. The maximum atomic E-state index is 12.5. The van der Waals surface area contributed by atoms with Gasteiger partial charge in [-0.2, -0.15) is 5.10 Å². The normalized spacial score (nSPS) is 10.8. The highest BCUT2D eigenvalue weighted by Crippen LogP contribution is 2.24. The number of hydrogen-bond acceptors (Lipinski definition) is 3. The Morgan fingerprint density at radius 2 is 1.77 bits per heavy atom. The van der Waals surface area contributed by atoms with Gasteiger partial charge in [0, 0.05) is 6.07 Å². The van der Waals surface area contributed by atoms with Crippen LogP contribution in [0.2, 0.25) is 10.0 Å². The Morgan fingerprint density at radius 3 is 2.46 bits per heavy atom. The lowest BCUT2D eigenvalue weighted by atomic mass is 10.1. The number of hydrogen-bond donors (Lipinski definition) is 0. The van der Waals surface area contributed by atoms with Gasteiger partial charge < -0.3 is 4.74 Å². The Morgan fingerprint density at radius 1 is 1.00 bits per heavy atom. The van der Waals surface area contributed by atoms with Gasteiger partial charge in [-0.15, -0.1) is 0 Å². The van der Waals surface area contributed by atoms with Crippen molar-refractivity contribution in [2.75, 3.05) is 0 Å². The predicted molar refractivity (Wildman–Crippen MR) is 103 cm³/mol. The van der Waals surface area contributed by atoms with Gasteiger partial charge in [0.25, 0.3) is 0 Å². The van der Waals surface area contributed by atoms with E-state index in [9.17, 15) is 4.79 Å². The van der Waals surface area contributed by atoms with Gasteiger partial charge in [-0.3, -0.25) is 0 Å². The smallest absolute Gasteiger partial charge is 0.344 e. The number of halogens is 2. The highest BCUT2D eigenvalue weighted by Gasteiger charge is 2.15. The van der Waals surface area contributed by atoms with Crippen molar-refractivity contribution in [2.24, 2.45) is 0 Å². The Balaban J connectivity index is 1.83. The van der Waals surface area contributed by atoms with Gasteiger partial charge >= 0.3 is 5.97 Å². The molecule has 0 spiro atoms. The molecule has 0 aliphatic rings. The molecule has 1 heterocycles. The molecule has 3 aromatic rings. The number of ether oxygens (including phenoxy) is 1. The average molecular weight is 389 g/mol. The number of aryl methyl sites for hydroxylation is 3. The fourth-order valence-corrected chi connectivity index (χ4v) is 2.87. The molecule has 4 nitrogen and oxygen atoms in total. The molecule has 0 amide bonds. The third-order valence-electron chi connectivity index (χ3n) is 4.12. The number of rotatable bonds is 4. The molecule has 134 valence electrons. The molecule has 2 aromatic carbocycles. The summed E-state index contributed by atoms with van der Waals surface area (Å²) >= 11 is 12.0. The highest BCUT2D eigenvalue weighted by atomic mass is 35.5. The summed E-state index contributed by atoms with van der Waals surface area (Å²) in [5, 5.41) is 5.37. The molecule has 0 radical (unpaired) electrons. The molecule has 26 heavy (non-hydrogen) atoms. The molecule has 3 rings (SSSR count). The van der Waals surface area contributed by atoms with Crippen LogP contribution in [0.15, 0.2) is 42.5 Å². The van der Waals surface area contributed by atoms with E-state index >= 15 is 0 Å². The number of carbonyl (C=O) groups is 1. The molecule has 0 saturated heterocycles. The van der Waals surface area contributed by atoms with Gasteiger partial charge in [0.2, 0.25) is 5.88 Å². The van der Waals surface area contributed by atoms with Crippen molar-refractivity contribution in [3.8, 4) is 5.88 Å². The Hall–Kier alpha value is -2.30. The van der Waals surface area contributed by atoms with Gasteiger partial charge in [-0.25, -0.2) is 9.48 Å². The quantitative estimate of drug-likeness (QED) is 0.563. The van der Waals surface area contributed by atoms with E-state index in [0.29, 0.717) is 28.0 Å². The molecule has 6 heteroatoms. The summed E-state index contributed by atoms with van der Waals surface area (Å²) < 4.78 is 7.21. The second kappa shape index (κ2) is 7.52. The molecular weight excluding hydrogens is 371 g/mol. The first-order valence-corrected chi connectivity index (χ1v) is 8.87. The molecular formula is C20H18Cl2N2O2. The van der Waals surface area contributed by atoms with Crippen LogP contribution in [0.1, 0.15) is 32.7 Å². The van der Waals surface area contributed by atoms with E-state index in [4.69, 9.17) is 27.9 Å². The number of esters is 1. The first kappa shape index (κ1) is 18.5. The first-order chi connectivity index (χ1) is 12.3. The van der Waals surface area contributed by atoms with Crippen LogP contribution in [0.4, 0.5) is 0 Å². The second-order valence-corrected chi connectivity index (χ2v) is 7.03. The predicted octanol–water partition coefficient (Wildman–Crippen LogP) is 5.38. The van der Waals surface area contributed by atoms with Crippen LogP contribution < -0.4 is 4.74 Å². The molecule has 0 unspecified atom stereocenters. The summed E-state index contributed by atoms with van der Waals surface area (Å²) in [7, 11) is 0. The molecule has 0 atom stereocenters. The van der Waals surface area contributed by atoms with Crippen molar-refractivity contribution in [2.45, 2.75) is 27.3 Å². The van der Waals surface area contributed by atoms with Crippen LogP contribution in [0.3, 0.4) is 0 Å². The molecule has 0 fully saturated rings. The summed E-state index contributed by atoms with van der Waals surface area (Å²) in [6, 6.07) is 12.6. The molecule has 0 aliphatic heterocycles. The summed E-state index contributed by atoms with van der Waals surface area (Å²) in [6.45, 7) is 6.23. The van der Waals surface area contributed by atoms with Gasteiger partial charge in [-0.05, 0) is 61.7 Å². The molecule has 1 aromatic heterocycles. The summed E-state index contributed by atoms with van der Waals surface area (Å²) in [5.74, 6) is -0.0276. The summed E-state index contributed by atoms with van der Waals surface area (Å²) in [5.41, 5.74) is 4.34. The molecule has 0 aliphatic carbocycles. The van der Waals surface area contributed by atoms with E-state index in [1.54, 1.807) is 28.9 Å². The average Bonchev–Trinajstić information content (AvgIpc) is 2.92. The number of nitrogens with zero attached hydrogens (tertiary/aromatic N) is 2. The van der Waals surface area contributed by atoms with Crippen molar-refractivity contribution in [1.29, 1.82) is 0 Å². The van der Waals surface area contributed by atoms with Gasteiger partial charge in [0.15, 0.2) is 0 Å². The van der Waals surface area contributed by atoms with E-state index in [-0.39, 0.29) is 0 Å². The van der Waals surface area contributed by atoms with Gasteiger partial charge in [0.1, 0.15) is 0 Å². The number of carbonyl (C=O) groups excluding carboxylic acids is 1. The van der Waals surface area contributed by atoms with Gasteiger partial charge in [-0.1, -0.05) is 35.3 Å². The number of benzene rings is 2. The van der Waals surface area contributed by atoms with E-state index in [1.807, 2.05) is 39.0 Å². The standard InChI is InChI=1S/C20H18Cl2N2O2/c1-12-4-6-16(8-13(12)2)20(25)26-19-9-14(3)23-24(19)11-15-5-7-17(21)18(22)10-15/h4-10H,11H2,1-3H3. The topological polar surface area (TPSA) is 44.1 Å². The van der Waals surface area contributed by atoms with Crippen molar-refractivity contribution in [3.05, 3.63) is 80.5 Å². The zero-order valence-corrected chi connectivity index (χ0v) is 16.2. The monoisotopic (exact) mass is 388 g/mol. The fraction of sp³-hybridized carbons (Fsp3) is 0.200. The lowest BCUT2D eigenvalue weighted by molar-refractivity contribution is 0.0719. The summed E-state index contributed by atoms with van der Waals surface area (Å²) in [6.07, 6.45) is 0. The van der Waals surface area contributed by atoms with Crippen LogP contribution in [-0.2, 0) is 6.54 Å². The van der Waals surface area contributed by atoms with Crippen molar-refractivity contribution < 1.29 is 9.53 Å². The lowest BCUT2D eigenvalue weighted by Crippen LogP contribution is -2.13. The van der Waals surface area contributed by atoms with Crippen LogP contribution in [0, 0.1) is 20.8 Å². The zero-order chi connectivity index (χ0) is 18.8. The highest BCUT2D eigenvalue weighted by molar-refractivity contribution is 6.42. The minimum absolute atomic E-state index is 0.386. The summed E-state index contributed by atoms with van der Waals surface area (Å²) in [4.78, 5) is 12.5. The fourth-order valence-electron chi connectivity index (χ4n) is 2.55. The minimum Gasteiger partial charge on any atom is -0.404 e. The minimum atomic E-state index is -0.414. The zero-order valence-electron chi connectivity index (χ0n) is 14.7. The van der Waals surface area contributed by atoms with Crippen LogP contribution in [0.5, 0.6) is 5.88 Å². The Kier molecular flexibility index (Phi) is 5.35. The van der Waals surface area contributed by atoms with Crippen molar-refractivity contribution in [3.63, 3.8) is 0 Å². The first-order valence-electron chi connectivity index (χ1n) is 8.11. The Bertz CT molecular complexity index is 980. The van der Waals surface area contributed by atoms with E-state index in [2.05, 4.69) is 5.10 Å². The number of aromatic nitrogens is 2. The Labute approximate surface area is 162 Å². The molecule has 0 bridgehead atoms. The third-order valence-corrected chi connectivity index (χ3v) is 4.86. The lowest BCUT2D eigenvalue weighted by Gasteiger charge is -2.09. The van der Waals surface area contributed by atoms with E-state index in [1.165, 1.54) is 0 Å². The third kappa shape index (κ3) is 4.09. The van der Waals surface area contributed by atoms with Crippen LogP contribution in [0.25, 0.3) is 0 Å². The SMILES string of the molecule is Cc1cc(OC(=O)c2ccc(C)c(C)c2)n(Cc2ccc(Cl)c(Cl)c2)n1. The van der Waals surface area contributed by atoms with Crippen LogP contribution >= 0.6 is 23.2 Å². The largest absolute Gasteiger partial charge is 0.404 e. The molecule has 0 N–H and O–H groups in total. The maximum absolute atomic E-state index is 12.5. The maximum Gasteiger partial charge on any atom is 0.344 e. The van der Waals surface area contributed by atoms with Crippen molar-refractivity contribution in [1.82, 2.24) is 9.78 Å². The van der Waals surface area contributed by atoms with Crippen molar-refractivity contribution >= 4 is 29.2 Å². The van der Waals surface area contributed by atoms with E-state index < -0.39 is 5.97 Å². The van der Waals surface area contributed by atoms with E-state index in [0.717, 1.165) is 22.4 Å².